The normalized spacial score (nSPS) is 26.4. The van der Waals surface area contributed by atoms with Gasteiger partial charge in [0.1, 0.15) is 0 Å². The maximum Gasteiger partial charge on any atom is 0.0976 e. The Hall–Kier alpha value is -0.780. The van der Waals surface area contributed by atoms with Gasteiger partial charge in [-0.15, -0.1) is 0 Å². The molecule has 1 saturated heterocycles. The van der Waals surface area contributed by atoms with Crippen LogP contribution in [0, 0.1) is 5.41 Å². The van der Waals surface area contributed by atoms with Crippen LogP contribution in [0.25, 0.3) is 0 Å². The van der Waals surface area contributed by atoms with Crippen LogP contribution in [0.3, 0.4) is 0 Å². The minimum absolute atomic E-state index is 0.0674. The zero-order chi connectivity index (χ0) is 16.0. The number of hydrogen-bond acceptors (Lipinski definition) is 3. The number of nitrogens with one attached hydrogen (secondary N) is 2. The van der Waals surface area contributed by atoms with Crippen LogP contribution < -0.4 is 10.0 Å². The molecular weight excluding hydrogens is 282 g/mol. The first-order chi connectivity index (χ1) is 10.3. The molecular formula is C16H25N3OS. The average molecular weight is 308 g/mol. The Labute approximate surface area is 131 Å². The SMILES string of the molecule is [2H]c1ccc2c(n1)CC1(CCNCC1)[C@@H]2N[S@](=O)C(C)(C)C. The molecule has 0 radical (unpaired) electrons. The molecule has 0 unspecified atom stereocenters. The lowest BCUT2D eigenvalue weighted by molar-refractivity contribution is 0.164. The van der Waals surface area contributed by atoms with E-state index in [1.165, 1.54) is 0 Å². The van der Waals surface area contributed by atoms with E-state index in [1.807, 2.05) is 26.8 Å². The molecule has 1 aromatic rings. The minimum atomic E-state index is -1.11. The third kappa shape index (κ3) is 2.79. The smallest absolute Gasteiger partial charge is 0.0976 e. The third-order valence-corrected chi connectivity index (χ3v) is 6.26. The summed E-state index contributed by atoms with van der Waals surface area (Å²) in [4.78, 5) is 4.43. The molecule has 3 rings (SSSR count). The molecule has 116 valence electrons. The van der Waals surface area contributed by atoms with Crippen molar-refractivity contribution in [2.45, 2.75) is 50.8 Å². The number of hydrogen-bond donors (Lipinski definition) is 2. The van der Waals surface area contributed by atoms with Gasteiger partial charge in [-0.25, -0.2) is 8.93 Å². The highest BCUT2D eigenvalue weighted by Crippen LogP contribution is 2.50. The van der Waals surface area contributed by atoms with E-state index in [2.05, 4.69) is 15.0 Å². The predicted octanol–water partition coefficient (Wildman–Crippen LogP) is 2.10. The number of pyridine rings is 1. The molecule has 2 heterocycles. The first-order valence-electron chi connectivity index (χ1n) is 8.17. The zero-order valence-electron chi connectivity index (χ0n) is 14.0. The van der Waals surface area contributed by atoms with Crippen LogP contribution in [-0.2, 0) is 17.4 Å². The molecule has 1 aliphatic heterocycles. The summed E-state index contributed by atoms with van der Waals surface area (Å²) in [6, 6.07) is 3.81. The van der Waals surface area contributed by atoms with Crippen molar-refractivity contribution in [2.75, 3.05) is 13.1 Å². The fourth-order valence-corrected chi connectivity index (χ4v) is 4.38. The molecule has 0 bridgehead atoms. The van der Waals surface area contributed by atoms with Crippen molar-refractivity contribution in [1.29, 1.82) is 0 Å². The van der Waals surface area contributed by atoms with Crippen molar-refractivity contribution < 1.29 is 5.58 Å². The summed E-state index contributed by atoms with van der Waals surface area (Å²) in [6.45, 7) is 7.95. The molecule has 0 saturated carbocycles. The molecule has 2 atom stereocenters. The number of aromatic nitrogens is 1. The number of nitrogens with zero attached hydrogens (tertiary/aromatic N) is 1. The summed E-state index contributed by atoms with van der Waals surface area (Å²) < 4.78 is 23.5. The summed E-state index contributed by atoms with van der Waals surface area (Å²) in [6.07, 6.45) is 3.31. The van der Waals surface area contributed by atoms with Crippen LogP contribution >= 0.6 is 0 Å². The van der Waals surface area contributed by atoms with Gasteiger partial charge in [0.25, 0.3) is 0 Å². The van der Waals surface area contributed by atoms with Crippen LogP contribution in [0.5, 0.6) is 0 Å². The highest BCUT2D eigenvalue weighted by atomic mass is 32.2. The fraction of sp³-hybridized carbons (Fsp3) is 0.688. The molecule has 0 amide bonds. The van der Waals surface area contributed by atoms with Gasteiger partial charge < -0.3 is 5.32 Å². The van der Waals surface area contributed by atoms with Crippen molar-refractivity contribution in [3.63, 3.8) is 0 Å². The van der Waals surface area contributed by atoms with Crippen LogP contribution in [0.15, 0.2) is 18.3 Å². The lowest BCUT2D eigenvalue weighted by atomic mass is 9.74. The first-order valence-corrected chi connectivity index (χ1v) is 8.82. The Morgan fingerprint density at radius 2 is 2.19 bits per heavy atom. The lowest BCUT2D eigenvalue weighted by Crippen LogP contribution is -2.46. The largest absolute Gasteiger partial charge is 0.317 e. The summed E-state index contributed by atoms with van der Waals surface area (Å²) in [5, 5.41) is 3.42. The molecule has 1 aliphatic carbocycles. The zero-order valence-corrected chi connectivity index (χ0v) is 13.8. The predicted molar refractivity (Wildman–Crippen MR) is 86.2 cm³/mol. The van der Waals surface area contributed by atoms with Crippen LogP contribution in [0.4, 0.5) is 0 Å². The van der Waals surface area contributed by atoms with Gasteiger partial charge in [0.15, 0.2) is 0 Å². The second-order valence-corrected chi connectivity index (χ2v) is 9.20. The molecule has 2 N–H and O–H groups in total. The van der Waals surface area contributed by atoms with Gasteiger partial charge in [0.05, 0.1) is 23.1 Å². The van der Waals surface area contributed by atoms with E-state index in [9.17, 15) is 4.21 Å². The van der Waals surface area contributed by atoms with E-state index in [0.717, 1.165) is 43.6 Å². The average Bonchev–Trinajstić information content (AvgIpc) is 2.71. The van der Waals surface area contributed by atoms with Gasteiger partial charge in [-0.2, -0.15) is 0 Å². The van der Waals surface area contributed by atoms with Crippen LogP contribution in [0.1, 0.15) is 52.3 Å². The van der Waals surface area contributed by atoms with Gasteiger partial charge in [-0.3, -0.25) is 4.98 Å². The van der Waals surface area contributed by atoms with Gasteiger partial charge in [0, 0.05) is 11.9 Å². The van der Waals surface area contributed by atoms with Crippen molar-refractivity contribution in [2.24, 2.45) is 5.41 Å². The highest BCUT2D eigenvalue weighted by molar-refractivity contribution is 7.84. The molecule has 2 aliphatic rings. The van der Waals surface area contributed by atoms with Crippen molar-refractivity contribution in [3.05, 3.63) is 29.6 Å². The highest BCUT2D eigenvalue weighted by Gasteiger charge is 2.48. The van der Waals surface area contributed by atoms with Crippen molar-refractivity contribution in [3.8, 4) is 0 Å². The fourth-order valence-electron chi connectivity index (χ4n) is 3.44. The molecule has 1 aromatic heterocycles. The molecule has 5 heteroatoms. The van der Waals surface area contributed by atoms with Crippen molar-refractivity contribution >= 4 is 11.0 Å². The molecule has 1 fully saturated rings. The van der Waals surface area contributed by atoms with E-state index < -0.39 is 11.0 Å². The summed E-state index contributed by atoms with van der Waals surface area (Å²) in [7, 11) is -1.11. The third-order valence-electron chi connectivity index (χ3n) is 4.69. The summed E-state index contributed by atoms with van der Waals surface area (Å²) in [5.74, 6) is 0. The second-order valence-electron chi connectivity index (χ2n) is 7.20. The lowest BCUT2D eigenvalue weighted by Gasteiger charge is -2.40. The van der Waals surface area contributed by atoms with Gasteiger partial charge in [0.2, 0.25) is 0 Å². The van der Waals surface area contributed by atoms with Crippen LogP contribution in [-0.4, -0.2) is 27.0 Å². The molecule has 4 nitrogen and oxygen atoms in total. The van der Waals surface area contributed by atoms with Crippen molar-refractivity contribution in [1.82, 2.24) is 15.0 Å². The monoisotopic (exact) mass is 308 g/mol. The van der Waals surface area contributed by atoms with Crippen LogP contribution in [0.2, 0.25) is 0 Å². The minimum Gasteiger partial charge on any atom is -0.317 e. The second kappa shape index (κ2) is 5.45. The standard InChI is InChI=1S/C16H25N3OS/c1-15(2,3)21(20)19-14-12-5-4-8-18-13(12)11-16(14)6-9-17-10-7-16/h4-5,8,14,17,19H,6-7,9-11H2,1-3H3/t14-,21-/m1/s1/i8D. The Morgan fingerprint density at radius 3 is 2.86 bits per heavy atom. The summed E-state index contributed by atoms with van der Waals surface area (Å²) >= 11 is 0. The number of rotatable bonds is 2. The molecule has 0 aromatic carbocycles. The van der Waals surface area contributed by atoms with E-state index in [-0.39, 0.29) is 16.2 Å². The topological polar surface area (TPSA) is 54.0 Å². The Bertz CT molecular complexity index is 594. The van der Waals surface area contributed by atoms with E-state index in [0.29, 0.717) is 6.17 Å². The maximum atomic E-state index is 12.7. The summed E-state index contributed by atoms with van der Waals surface area (Å²) in [5.41, 5.74) is 2.23. The Kier molecular flexibility index (Phi) is 3.59. The first kappa shape index (κ1) is 13.9. The van der Waals surface area contributed by atoms with E-state index in [4.69, 9.17) is 1.37 Å². The van der Waals surface area contributed by atoms with Gasteiger partial charge in [-0.05, 0) is 70.2 Å². The Balaban J connectivity index is 1.96. The van der Waals surface area contributed by atoms with E-state index in [1.54, 1.807) is 6.07 Å². The van der Waals surface area contributed by atoms with Gasteiger partial charge >= 0.3 is 0 Å². The molecule has 21 heavy (non-hydrogen) atoms. The number of piperidine rings is 1. The Morgan fingerprint density at radius 1 is 1.48 bits per heavy atom. The molecule has 1 spiro atoms. The van der Waals surface area contributed by atoms with E-state index >= 15 is 0 Å². The quantitative estimate of drug-likeness (QED) is 0.880. The number of fused-ring (bicyclic) bond motifs is 1. The maximum absolute atomic E-state index is 12.7. The van der Waals surface area contributed by atoms with Gasteiger partial charge in [-0.1, -0.05) is 6.07 Å².